The highest BCUT2D eigenvalue weighted by atomic mass is 32.2. The standard InChI is InChI=1S/C21H26N2O6S/c1-14(19(24)22-16-9-7-6-8-10-16)29-20(25)15-11-12-17(28-5)18(13-15)30(26,27)23-21(2,3)4/h6-14,23H,1-5H3,(H,22,24). The molecule has 0 aliphatic rings. The van der Waals surface area contributed by atoms with Gasteiger partial charge >= 0.3 is 5.97 Å². The van der Waals surface area contributed by atoms with Crippen LogP contribution >= 0.6 is 0 Å². The van der Waals surface area contributed by atoms with Gasteiger partial charge in [0.25, 0.3) is 5.91 Å². The van der Waals surface area contributed by atoms with Gasteiger partial charge in [-0.2, -0.15) is 0 Å². The van der Waals surface area contributed by atoms with Crippen LogP contribution in [0.2, 0.25) is 0 Å². The Kier molecular flexibility index (Phi) is 7.22. The van der Waals surface area contributed by atoms with Crippen LogP contribution in [0.4, 0.5) is 5.69 Å². The van der Waals surface area contributed by atoms with Gasteiger partial charge < -0.3 is 14.8 Å². The number of rotatable bonds is 7. The number of carbonyl (C=O) groups is 2. The first-order chi connectivity index (χ1) is 13.9. The molecule has 2 aromatic carbocycles. The molecule has 0 aliphatic carbocycles. The van der Waals surface area contributed by atoms with Crippen LogP contribution in [0.1, 0.15) is 38.1 Å². The molecule has 30 heavy (non-hydrogen) atoms. The van der Waals surface area contributed by atoms with Gasteiger partial charge in [-0.25, -0.2) is 17.9 Å². The maximum absolute atomic E-state index is 12.7. The van der Waals surface area contributed by atoms with Gasteiger partial charge in [0, 0.05) is 11.2 Å². The van der Waals surface area contributed by atoms with Crippen molar-refractivity contribution in [3.8, 4) is 5.75 Å². The lowest BCUT2D eigenvalue weighted by Gasteiger charge is -2.21. The highest BCUT2D eigenvalue weighted by Gasteiger charge is 2.27. The van der Waals surface area contributed by atoms with Crippen LogP contribution in [-0.2, 0) is 19.6 Å². The van der Waals surface area contributed by atoms with Gasteiger partial charge in [-0.15, -0.1) is 0 Å². The van der Waals surface area contributed by atoms with E-state index in [1.54, 1.807) is 45.0 Å². The number of hydrogen-bond acceptors (Lipinski definition) is 6. The zero-order valence-electron chi connectivity index (χ0n) is 17.6. The Labute approximate surface area is 176 Å². The number of para-hydroxylation sites is 1. The Bertz CT molecular complexity index is 1010. The normalized spacial score (nSPS) is 12.7. The molecule has 8 nitrogen and oxygen atoms in total. The zero-order valence-corrected chi connectivity index (χ0v) is 18.4. The van der Waals surface area contributed by atoms with E-state index in [4.69, 9.17) is 9.47 Å². The minimum atomic E-state index is -3.96. The molecule has 0 saturated carbocycles. The molecule has 0 aliphatic heterocycles. The van der Waals surface area contributed by atoms with E-state index in [9.17, 15) is 18.0 Å². The predicted molar refractivity (Wildman–Crippen MR) is 113 cm³/mol. The monoisotopic (exact) mass is 434 g/mol. The fraction of sp³-hybridized carbons (Fsp3) is 0.333. The first-order valence-corrected chi connectivity index (χ1v) is 10.7. The van der Waals surface area contributed by atoms with Crippen molar-refractivity contribution in [2.75, 3.05) is 12.4 Å². The first-order valence-electron chi connectivity index (χ1n) is 9.22. The molecule has 2 rings (SSSR count). The average Bonchev–Trinajstić information content (AvgIpc) is 2.66. The van der Waals surface area contributed by atoms with Gasteiger partial charge in [0.05, 0.1) is 12.7 Å². The van der Waals surface area contributed by atoms with Crippen LogP contribution in [-0.4, -0.2) is 39.0 Å². The third kappa shape index (κ3) is 6.30. The van der Waals surface area contributed by atoms with Crippen molar-refractivity contribution >= 4 is 27.6 Å². The second-order valence-electron chi connectivity index (χ2n) is 7.62. The molecule has 0 spiro atoms. The molecule has 1 unspecified atom stereocenters. The molecule has 1 amide bonds. The highest BCUT2D eigenvalue weighted by molar-refractivity contribution is 7.89. The minimum Gasteiger partial charge on any atom is -0.495 e. The molecule has 0 aromatic heterocycles. The fourth-order valence-corrected chi connectivity index (χ4v) is 4.13. The van der Waals surface area contributed by atoms with E-state index in [0.717, 1.165) is 6.07 Å². The molecular weight excluding hydrogens is 408 g/mol. The molecule has 9 heteroatoms. The van der Waals surface area contributed by atoms with E-state index in [1.165, 1.54) is 26.2 Å². The maximum Gasteiger partial charge on any atom is 0.338 e. The molecule has 0 bridgehead atoms. The number of amides is 1. The number of sulfonamides is 1. The van der Waals surface area contributed by atoms with Crippen LogP contribution in [0, 0.1) is 0 Å². The smallest absolute Gasteiger partial charge is 0.338 e. The summed E-state index contributed by atoms with van der Waals surface area (Å²) in [5.74, 6) is -1.26. The van der Waals surface area contributed by atoms with Crippen molar-refractivity contribution in [2.24, 2.45) is 0 Å². The third-order valence-corrected chi connectivity index (χ3v) is 5.60. The lowest BCUT2D eigenvalue weighted by Crippen LogP contribution is -2.40. The third-order valence-electron chi connectivity index (χ3n) is 3.82. The lowest BCUT2D eigenvalue weighted by atomic mass is 10.1. The Morgan fingerprint density at radius 1 is 1.03 bits per heavy atom. The lowest BCUT2D eigenvalue weighted by molar-refractivity contribution is -0.123. The van der Waals surface area contributed by atoms with Crippen LogP contribution in [0.15, 0.2) is 53.4 Å². The predicted octanol–water partition coefficient (Wildman–Crippen LogP) is 2.96. The van der Waals surface area contributed by atoms with Crippen molar-refractivity contribution in [1.82, 2.24) is 4.72 Å². The molecule has 162 valence electrons. The molecule has 0 radical (unpaired) electrons. The summed E-state index contributed by atoms with van der Waals surface area (Å²) in [7, 11) is -2.63. The van der Waals surface area contributed by atoms with E-state index in [-0.39, 0.29) is 16.2 Å². The number of carbonyl (C=O) groups excluding carboxylic acids is 2. The van der Waals surface area contributed by atoms with E-state index < -0.39 is 33.5 Å². The molecule has 0 saturated heterocycles. The summed E-state index contributed by atoms with van der Waals surface area (Å²) in [4.78, 5) is 24.6. The van der Waals surface area contributed by atoms with E-state index >= 15 is 0 Å². The van der Waals surface area contributed by atoms with E-state index in [1.807, 2.05) is 6.07 Å². The first kappa shape index (κ1) is 23.4. The Balaban J connectivity index is 2.20. The van der Waals surface area contributed by atoms with Crippen LogP contribution in [0.5, 0.6) is 5.75 Å². The van der Waals surface area contributed by atoms with Gasteiger partial charge in [-0.3, -0.25) is 4.79 Å². The number of nitrogens with one attached hydrogen (secondary N) is 2. The molecule has 0 heterocycles. The van der Waals surface area contributed by atoms with Crippen molar-refractivity contribution in [3.05, 3.63) is 54.1 Å². The summed E-state index contributed by atoms with van der Waals surface area (Å²) in [6, 6.07) is 12.6. The Morgan fingerprint density at radius 2 is 1.67 bits per heavy atom. The highest BCUT2D eigenvalue weighted by Crippen LogP contribution is 2.26. The van der Waals surface area contributed by atoms with Gasteiger partial charge in [0.2, 0.25) is 10.0 Å². The number of ether oxygens (including phenoxy) is 2. The molecule has 2 N–H and O–H groups in total. The largest absolute Gasteiger partial charge is 0.495 e. The summed E-state index contributed by atoms with van der Waals surface area (Å²) in [5.41, 5.74) is -0.189. The summed E-state index contributed by atoms with van der Waals surface area (Å²) in [6.07, 6.45) is -1.09. The van der Waals surface area contributed by atoms with Crippen molar-refractivity contribution in [3.63, 3.8) is 0 Å². The zero-order chi connectivity index (χ0) is 22.5. The summed E-state index contributed by atoms with van der Waals surface area (Å²) in [6.45, 7) is 6.52. The van der Waals surface area contributed by atoms with Gasteiger partial charge in [0.1, 0.15) is 10.6 Å². The number of methoxy groups -OCH3 is 1. The van der Waals surface area contributed by atoms with E-state index in [0.29, 0.717) is 5.69 Å². The van der Waals surface area contributed by atoms with Gasteiger partial charge in [-0.1, -0.05) is 18.2 Å². The fourth-order valence-electron chi connectivity index (χ4n) is 2.52. The number of hydrogen-bond donors (Lipinski definition) is 2. The van der Waals surface area contributed by atoms with Crippen LogP contribution in [0.25, 0.3) is 0 Å². The van der Waals surface area contributed by atoms with Gasteiger partial charge in [-0.05, 0) is 58.0 Å². The quantitative estimate of drug-likeness (QED) is 0.648. The number of anilines is 1. The molecule has 0 fully saturated rings. The number of benzene rings is 2. The molecular formula is C21H26N2O6S. The number of esters is 1. The summed E-state index contributed by atoms with van der Waals surface area (Å²) in [5, 5.41) is 2.64. The van der Waals surface area contributed by atoms with Gasteiger partial charge in [0.15, 0.2) is 6.10 Å². The average molecular weight is 435 g/mol. The van der Waals surface area contributed by atoms with E-state index in [2.05, 4.69) is 10.0 Å². The Morgan fingerprint density at radius 3 is 2.23 bits per heavy atom. The second-order valence-corrected chi connectivity index (χ2v) is 9.27. The van der Waals surface area contributed by atoms with Crippen molar-refractivity contribution in [1.29, 1.82) is 0 Å². The summed E-state index contributed by atoms with van der Waals surface area (Å²) < 4.78 is 38.3. The molecule has 2 aromatic rings. The van der Waals surface area contributed by atoms with Crippen LogP contribution < -0.4 is 14.8 Å². The van der Waals surface area contributed by atoms with Crippen LogP contribution in [0.3, 0.4) is 0 Å². The Hall–Kier alpha value is -2.91. The second kappa shape index (κ2) is 9.27. The van der Waals surface area contributed by atoms with Crippen molar-refractivity contribution in [2.45, 2.75) is 44.2 Å². The minimum absolute atomic E-state index is 0.0237. The summed E-state index contributed by atoms with van der Waals surface area (Å²) >= 11 is 0. The van der Waals surface area contributed by atoms with Crippen molar-refractivity contribution < 1.29 is 27.5 Å². The molecule has 1 atom stereocenters. The topological polar surface area (TPSA) is 111 Å². The SMILES string of the molecule is COc1ccc(C(=O)OC(C)C(=O)Nc2ccccc2)cc1S(=O)(=O)NC(C)(C)C. The maximum atomic E-state index is 12.7.